The molecule has 6 nitrogen and oxygen atoms in total. The summed E-state index contributed by atoms with van der Waals surface area (Å²) >= 11 is 0. The number of hydrogen-bond donors (Lipinski definition) is 2. The van der Waals surface area contributed by atoms with Crippen LogP contribution in [0.2, 0.25) is 0 Å². The third kappa shape index (κ3) is 3.23. The monoisotopic (exact) mass is 324 g/mol. The molecule has 0 spiro atoms. The quantitative estimate of drug-likeness (QED) is 0.902. The SMILES string of the molecule is CCc1noc2ncc(C(=O)NC3CCNCC3C)cc12.Cl. The van der Waals surface area contributed by atoms with Crippen LogP contribution >= 0.6 is 12.4 Å². The standard InChI is InChI=1S/C15H20N4O2.ClH/c1-3-12-11-6-10(8-17-15(11)21-19-12)14(20)18-13-4-5-16-7-9(13)2;/h6,8-9,13,16H,3-5,7H2,1-2H3,(H,18,20);1H. The number of hydrogen-bond acceptors (Lipinski definition) is 5. The van der Waals surface area contributed by atoms with Crippen molar-refractivity contribution in [2.24, 2.45) is 5.92 Å². The highest BCUT2D eigenvalue weighted by molar-refractivity contribution is 5.97. The minimum Gasteiger partial charge on any atom is -0.349 e. The molecular formula is C15H21ClN4O2. The molecule has 0 aliphatic carbocycles. The Hall–Kier alpha value is -1.66. The summed E-state index contributed by atoms with van der Waals surface area (Å²) in [6.45, 7) is 6.03. The summed E-state index contributed by atoms with van der Waals surface area (Å²) < 4.78 is 5.14. The second-order valence-corrected chi connectivity index (χ2v) is 5.61. The first-order valence-electron chi connectivity index (χ1n) is 7.45. The Labute approximate surface area is 135 Å². The minimum atomic E-state index is -0.0774. The zero-order valence-corrected chi connectivity index (χ0v) is 13.6. The molecule has 0 saturated carbocycles. The number of nitrogens with zero attached hydrogens (tertiary/aromatic N) is 2. The predicted octanol–water partition coefficient (Wildman–Crippen LogP) is 1.93. The molecule has 2 aromatic rings. The van der Waals surface area contributed by atoms with Crippen molar-refractivity contribution < 1.29 is 9.32 Å². The van der Waals surface area contributed by atoms with Crippen molar-refractivity contribution >= 4 is 29.4 Å². The molecule has 1 aliphatic rings. The van der Waals surface area contributed by atoms with Crippen molar-refractivity contribution in [1.82, 2.24) is 20.8 Å². The maximum absolute atomic E-state index is 12.4. The van der Waals surface area contributed by atoms with Gasteiger partial charge in [0.2, 0.25) is 0 Å². The number of piperidine rings is 1. The van der Waals surface area contributed by atoms with Crippen molar-refractivity contribution in [2.45, 2.75) is 32.7 Å². The van der Waals surface area contributed by atoms with E-state index >= 15 is 0 Å². The average Bonchev–Trinajstić information content (AvgIpc) is 2.91. The molecule has 120 valence electrons. The van der Waals surface area contributed by atoms with Gasteiger partial charge in [-0.3, -0.25) is 4.79 Å². The molecule has 0 aromatic carbocycles. The molecule has 1 amide bonds. The second-order valence-electron chi connectivity index (χ2n) is 5.61. The number of rotatable bonds is 3. The van der Waals surface area contributed by atoms with Crippen molar-refractivity contribution in [2.75, 3.05) is 13.1 Å². The predicted molar refractivity (Wildman–Crippen MR) is 86.3 cm³/mol. The average molecular weight is 325 g/mol. The van der Waals surface area contributed by atoms with Gasteiger partial charge in [-0.2, -0.15) is 0 Å². The van der Waals surface area contributed by atoms with E-state index in [4.69, 9.17) is 4.52 Å². The van der Waals surface area contributed by atoms with Crippen LogP contribution in [0.3, 0.4) is 0 Å². The van der Waals surface area contributed by atoms with E-state index in [9.17, 15) is 4.79 Å². The highest BCUT2D eigenvalue weighted by Crippen LogP contribution is 2.19. The molecule has 2 atom stereocenters. The minimum absolute atomic E-state index is 0. The Morgan fingerprint density at radius 2 is 2.36 bits per heavy atom. The van der Waals surface area contributed by atoms with E-state index in [1.807, 2.05) is 13.0 Å². The van der Waals surface area contributed by atoms with Gasteiger partial charge in [0, 0.05) is 12.2 Å². The summed E-state index contributed by atoms with van der Waals surface area (Å²) in [4.78, 5) is 16.6. The molecule has 3 heterocycles. The number of carbonyl (C=O) groups is 1. The lowest BCUT2D eigenvalue weighted by Crippen LogP contribution is -2.48. The topological polar surface area (TPSA) is 80.0 Å². The first-order chi connectivity index (χ1) is 10.2. The van der Waals surface area contributed by atoms with E-state index in [0.29, 0.717) is 17.2 Å². The molecule has 1 fully saturated rings. The van der Waals surface area contributed by atoms with Crippen LogP contribution in [0.5, 0.6) is 0 Å². The third-order valence-electron chi connectivity index (χ3n) is 4.10. The summed E-state index contributed by atoms with van der Waals surface area (Å²) in [5, 5.41) is 11.2. The van der Waals surface area contributed by atoms with Gasteiger partial charge in [0.1, 0.15) is 0 Å². The maximum atomic E-state index is 12.4. The van der Waals surface area contributed by atoms with E-state index in [1.165, 1.54) is 0 Å². The Balaban J connectivity index is 0.00000176. The van der Waals surface area contributed by atoms with Crippen molar-refractivity contribution in [3.63, 3.8) is 0 Å². The lowest BCUT2D eigenvalue weighted by atomic mass is 9.95. The summed E-state index contributed by atoms with van der Waals surface area (Å²) in [6.07, 6.45) is 3.26. The maximum Gasteiger partial charge on any atom is 0.257 e. The smallest absolute Gasteiger partial charge is 0.257 e. The second kappa shape index (κ2) is 7.07. The Morgan fingerprint density at radius 3 is 3.09 bits per heavy atom. The van der Waals surface area contributed by atoms with Crippen LogP contribution in [0, 0.1) is 5.92 Å². The van der Waals surface area contributed by atoms with Crippen molar-refractivity contribution in [1.29, 1.82) is 0 Å². The molecule has 7 heteroatoms. The van der Waals surface area contributed by atoms with Crippen LogP contribution < -0.4 is 10.6 Å². The molecule has 22 heavy (non-hydrogen) atoms. The van der Waals surface area contributed by atoms with Gasteiger partial charge < -0.3 is 15.2 Å². The summed E-state index contributed by atoms with van der Waals surface area (Å²) in [6, 6.07) is 2.03. The van der Waals surface area contributed by atoms with Gasteiger partial charge in [-0.1, -0.05) is 19.0 Å². The molecule has 0 radical (unpaired) electrons. The summed E-state index contributed by atoms with van der Waals surface area (Å²) in [5.41, 5.74) is 1.88. The third-order valence-corrected chi connectivity index (χ3v) is 4.10. The lowest BCUT2D eigenvalue weighted by molar-refractivity contribution is 0.0914. The Bertz CT molecular complexity index is 658. The van der Waals surface area contributed by atoms with Crippen LogP contribution in [-0.2, 0) is 6.42 Å². The molecule has 0 bridgehead atoms. The number of pyridine rings is 1. The lowest BCUT2D eigenvalue weighted by Gasteiger charge is -2.30. The number of nitrogens with one attached hydrogen (secondary N) is 2. The molecule has 1 saturated heterocycles. The van der Waals surface area contributed by atoms with E-state index in [1.54, 1.807) is 6.20 Å². The fraction of sp³-hybridized carbons (Fsp3) is 0.533. The number of halogens is 1. The van der Waals surface area contributed by atoms with E-state index in [0.717, 1.165) is 37.0 Å². The number of aryl methyl sites for hydroxylation is 1. The van der Waals surface area contributed by atoms with Gasteiger partial charge in [-0.15, -0.1) is 12.4 Å². The molecule has 2 unspecified atom stereocenters. The highest BCUT2D eigenvalue weighted by Gasteiger charge is 2.23. The fourth-order valence-electron chi connectivity index (χ4n) is 2.74. The van der Waals surface area contributed by atoms with Crippen LogP contribution in [-0.4, -0.2) is 35.2 Å². The zero-order chi connectivity index (χ0) is 14.8. The van der Waals surface area contributed by atoms with E-state index < -0.39 is 0 Å². The largest absolute Gasteiger partial charge is 0.349 e. The Kier molecular flexibility index (Phi) is 5.37. The van der Waals surface area contributed by atoms with Crippen molar-refractivity contribution in [3.05, 3.63) is 23.5 Å². The van der Waals surface area contributed by atoms with Crippen LogP contribution in [0.1, 0.15) is 36.3 Å². The molecule has 2 aromatic heterocycles. The zero-order valence-electron chi connectivity index (χ0n) is 12.8. The normalized spacial score (nSPS) is 21.4. The number of amides is 1. The van der Waals surface area contributed by atoms with Crippen LogP contribution in [0.4, 0.5) is 0 Å². The Morgan fingerprint density at radius 1 is 1.55 bits per heavy atom. The van der Waals surface area contributed by atoms with Gasteiger partial charge in [-0.05, 0) is 37.9 Å². The molecule has 3 rings (SSSR count). The molecular weight excluding hydrogens is 304 g/mol. The number of carbonyl (C=O) groups excluding carboxylic acids is 1. The van der Waals surface area contributed by atoms with Crippen LogP contribution in [0.25, 0.3) is 11.1 Å². The summed E-state index contributed by atoms with van der Waals surface area (Å²) in [5.74, 6) is 0.354. The molecule has 1 aliphatic heterocycles. The van der Waals surface area contributed by atoms with Gasteiger partial charge in [0.15, 0.2) is 0 Å². The summed E-state index contributed by atoms with van der Waals surface area (Å²) in [7, 11) is 0. The first-order valence-corrected chi connectivity index (χ1v) is 7.45. The van der Waals surface area contributed by atoms with Crippen LogP contribution in [0.15, 0.2) is 16.8 Å². The van der Waals surface area contributed by atoms with Gasteiger partial charge in [0.05, 0.1) is 16.6 Å². The molecule has 2 N–H and O–H groups in total. The van der Waals surface area contributed by atoms with E-state index in [-0.39, 0.29) is 24.4 Å². The van der Waals surface area contributed by atoms with E-state index in [2.05, 4.69) is 27.7 Å². The number of fused-ring (bicyclic) bond motifs is 1. The van der Waals surface area contributed by atoms with Gasteiger partial charge >= 0.3 is 0 Å². The first kappa shape index (κ1) is 16.7. The van der Waals surface area contributed by atoms with Crippen molar-refractivity contribution in [3.8, 4) is 0 Å². The highest BCUT2D eigenvalue weighted by atomic mass is 35.5. The van der Waals surface area contributed by atoms with Gasteiger partial charge in [-0.25, -0.2) is 4.98 Å². The number of aromatic nitrogens is 2. The fourth-order valence-corrected chi connectivity index (χ4v) is 2.74. The van der Waals surface area contributed by atoms with Gasteiger partial charge in [0.25, 0.3) is 11.6 Å².